The van der Waals surface area contributed by atoms with Gasteiger partial charge in [-0.1, -0.05) is 17.3 Å². The van der Waals surface area contributed by atoms with E-state index in [0.29, 0.717) is 36.4 Å². The molecule has 1 atom stereocenters. The molecule has 8 nitrogen and oxygen atoms in total. The lowest BCUT2D eigenvalue weighted by atomic mass is 10.1. The van der Waals surface area contributed by atoms with E-state index in [2.05, 4.69) is 10.1 Å². The van der Waals surface area contributed by atoms with Crippen LogP contribution in [-0.4, -0.2) is 52.9 Å². The van der Waals surface area contributed by atoms with Crippen LogP contribution in [0.4, 0.5) is 0 Å². The van der Waals surface area contributed by atoms with Crippen molar-refractivity contribution >= 4 is 5.91 Å². The van der Waals surface area contributed by atoms with Crippen molar-refractivity contribution in [3.05, 3.63) is 36.0 Å². The van der Waals surface area contributed by atoms with Gasteiger partial charge < -0.3 is 23.6 Å². The molecule has 2 aromatic rings. The van der Waals surface area contributed by atoms with Gasteiger partial charge in [-0.15, -0.1) is 0 Å². The Hall–Kier alpha value is -2.61. The molecule has 8 heteroatoms. The van der Waals surface area contributed by atoms with Crippen LogP contribution in [0.5, 0.6) is 11.5 Å². The molecule has 1 saturated heterocycles. The van der Waals surface area contributed by atoms with E-state index in [1.165, 1.54) is 0 Å². The van der Waals surface area contributed by atoms with E-state index >= 15 is 0 Å². The fourth-order valence-electron chi connectivity index (χ4n) is 3.09. The fraction of sp³-hybridized carbons (Fsp3) is 0.500. The second-order valence-corrected chi connectivity index (χ2v) is 6.86. The van der Waals surface area contributed by atoms with Crippen LogP contribution >= 0.6 is 0 Å². The minimum absolute atomic E-state index is 0.0213. The Balaban J connectivity index is 1.09. The molecule has 1 aromatic carbocycles. The highest BCUT2D eigenvalue weighted by molar-refractivity contribution is 5.82. The Labute approximate surface area is 150 Å². The molecule has 0 bridgehead atoms. The molecule has 0 radical (unpaired) electrons. The molecule has 3 heterocycles. The summed E-state index contributed by atoms with van der Waals surface area (Å²) in [5.74, 6) is 2.95. The second kappa shape index (κ2) is 6.28. The second-order valence-electron chi connectivity index (χ2n) is 6.86. The Morgan fingerprint density at radius 2 is 2.04 bits per heavy atom. The van der Waals surface area contributed by atoms with E-state index in [1.807, 2.05) is 18.2 Å². The average molecular weight is 357 g/mol. The smallest absolute Gasteiger partial charge is 0.267 e. The highest BCUT2D eigenvalue weighted by atomic mass is 16.6. The van der Waals surface area contributed by atoms with Crippen LogP contribution in [0.2, 0.25) is 0 Å². The first kappa shape index (κ1) is 15.6. The van der Waals surface area contributed by atoms with E-state index in [0.717, 1.165) is 18.7 Å². The van der Waals surface area contributed by atoms with Crippen LogP contribution < -0.4 is 9.47 Å². The Kier molecular flexibility index (Phi) is 3.77. The molecule has 1 amide bonds. The zero-order valence-electron chi connectivity index (χ0n) is 14.2. The number of carbonyl (C=O) groups is 1. The first-order valence-corrected chi connectivity index (χ1v) is 8.87. The summed E-state index contributed by atoms with van der Waals surface area (Å²) in [5, 5.41) is 3.96. The number of benzene rings is 1. The molecule has 5 rings (SSSR count). The van der Waals surface area contributed by atoms with Gasteiger partial charge in [0.05, 0.1) is 6.10 Å². The fourth-order valence-corrected chi connectivity index (χ4v) is 3.09. The molecule has 1 unspecified atom stereocenters. The zero-order valence-corrected chi connectivity index (χ0v) is 14.2. The molecule has 136 valence electrons. The van der Waals surface area contributed by atoms with Gasteiger partial charge in [0.2, 0.25) is 6.10 Å². The molecule has 0 N–H and O–H groups in total. The normalized spacial score (nSPS) is 22.2. The summed E-state index contributed by atoms with van der Waals surface area (Å²) in [7, 11) is 0. The molecule has 3 aliphatic rings. The maximum Gasteiger partial charge on any atom is 0.267 e. The summed E-state index contributed by atoms with van der Waals surface area (Å²) in [6.07, 6.45) is 1.64. The van der Waals surface area contributed by atoms with Crippen molar-refractivity contribution in [2.24, 2.45) is 0 Å². The van der Waals surface area contributed by atoms with Gasteiger partial charge in [0.1, 0.15) is 13.2 Å². The quantitative estimate of drug-likeness (QED) is 0.802. The number of nitrogens with zero attached hydrogens (tertiary/aromatic N) is 3. The van der Waals surface area contributed by atoms with Gasteiger partial charge in [-0.25, -0.2) is 0 Å². The Bertz CT molecular complexity index is 813. The molecule has 1 aromatic heterocycles. The summed E-state index contributed by atoms with van der Waals surface area (Å²) in [5.41, 5.74) is 0. The van der Waals surface area contributed by atoms with Crippen LogP contribution in [-0.2, 0) is 16.1 Å². The van der Waals surface area contributed by atoms with E-state index in [9.17, 15) is 4.79 Å². The first-order chi connectivity index (χ1) is 12.8. The highest BCUT2D eigenvalue weighted by Gasteiger charge is 2.38. The van der Waals surface area contributed by atoms with Crippen molar-refractivity contribution in [1.82, 2.24) is 15.0 Å². The molecule has 0 spiro atoms. The van der Waals surface area contributed by atoms with Crippen LogP contribution in [0.15, 0.2) is 28.8 Å². The maximum absolute atomic E-state index is 12.5. The summed E-state index contributed by atoms with van der Waals surface area (Å²) >= 11 is 0. The Morgan fingerprint density at radius 3 is 2.85 bits per heavy atom. The van der Waals surface area contributed by atoms with E-state index in [1.54, 1.807) is 11.0 Å². The number of para-hydroxylation sites is 2. The minimum Gasteiger partial charge on any atom is -0.485 e. The number of carbonyl (C=O) groups excluding carboxylic acids is 1. The van der Waals surface area contributed by atoms with Crippen LogP contribution in [0.25, 0.3) is 0 Å². The minimum atomic E-state index is -0.608. The van der Waals surface area contributed by atoms with Gasteiger partial charge in [-0.3, -0.25) is 4.79 Å². The van der Waals surface area contributed by atoms with E-state index in [-0.39, 0.29) is 25.2 Å². The van der Waals surface area contributed by atoms with Gasteiger partial charge in [0.15, 0.2) is 17.3 Å². The molecule has 2 fully saturated rings. The Morgan fingerprint density at radius 1 is 1.23 bits per heavy atom. The van der Waals surface area contributed by atoms with Gasteiger partial charge >= 0.3 is 0 Å². The SMILES string of the molecule is O=C(C1COc2ccccc2O1)N1CC(OCc2nc(C3CC3)no2)C1. The van der Waals surface area contributed by atoms with E-state index < -0.39 is 6.10 Å². The van der Waals surface area contributed by atoms with E-state index in [4.69, 9.17) is 18.7 Å². The number of likely N-dealkylation sites (tertiary alicyclic amines) is 1. The number of hydrogen-bond donors (Lipinski definition) is 0. The van der Waals surface area contributed by atoms with Crippen molar-refractivity contribution in [2.45, 2.75) is 37.6 Å². The molecule has 1 saturated carbocycles. The number of fused-ring (bicyclic) bond motifs is 1. The van der Waals surface area contributed by atoms with Gasteiger partial charge in [0.25, 0.3) is 11.8 Å². The lowest BCUT2D eigenvalue weighted by Crippen LogP contribution is -2.59. The number of ether oxygens (including phenoxy) is 3. The maximum atomic E-state index is 12.5. The third-order valence-corrected chi connectivity index (χ3v) is 4.81. The zero-order chi connectivity index (χ0) is 17.5. The number of rotatable bonds is 5. The average Bonchev–Trinajstić information content (AvgIpc) is 3.38. The monoisotopic (exact) mass is 357 g/mol. The van der Waals surface area contributed by atoms with Crippen molar-refractivity contribution < 1.29 is 23.5 Å². The lowest BCUT2D eigenvalue weighted by molar-refractivity contribution is -0.156. The molecule has 1 aliphatic carbocycles. The standard InChI is InChI=1S/C18H19N3O5/c22-18(15-9-24-13-3-1-2-4-14(13)25-15)21-7-12(8-21)23-10-16-19-17(20-26-16)11-5-6-11/h1-4,11-12,15H,5-10H2. The predicted molar refractivity (Wildman–Crippen MR) is 87.8 cm³/mol. The first-order valence-electron chi connectivity index (χ1n) is 8.87. The summed E-state index contributed by atoms with van der Waals surface area (Å²) in [4.78, 5) is 18.6. The summed E-state index contributed by atoms with van der Waals surface area (Å²) in [6, 6.07) is 7.36. The summed E-state index contributed by atoms with van der Waals surface area (Å²) in [6.45, 7) is 1.57. The highest BCUT2D eigenvalue weighted by Crippen LogP contribution is 2.38. The van der Waals surface area contributed by atoms with Crippen molar-refractivity contribution in [2.75, 3.05) is 19.7 Å². The van der Waals surface area contributed by atoms with Crippen molar-refractivity contribution in [3.8, 4) is 11.5 Å². The molecule has 26 heavy (non-hydrogen) atoms. The lowest BCUT2D eigenvalue weighted by Gasteiger charge is -2.40. The number of aromatic nitrogens is 2. The van der Waals surface area contributed by atoms with Gasteiger partial charge in [-0.2, -0.15) is 4.98 Å². The van der Waals surface area contributed by atoms with Crippen molar-refractivity contribution in [3.63, 3.8) is 0 Å². The largest absolute Gasteiger partial charge is 0.485 e. The van der Waals surface area contributed by atoms with Crippen LogP contribution in [0, 0.1) is 0 Å². The predicted octanol–water partition coefficient (Wildman–Crippen LogP) is 1.51. The topological polar surface area (TPSA) is 86.9 Å². The third kappa shape index (κ3) is 3.01. The molecule has 2 aliphatic heterocycles. The van der Waals surface area contributed by atoms with Gasteiger partial charge in [-0.05, 0) is 25.0 Å². The van der Waals surface area contributed by atoms with Crippen molar-refractivity contribution in [1.29, 1.82) is 0 Å². The number of hydrogen-bond acceptors (Lipinski definition) is 7. The molecular weight excluding hydrogens is 338 g/mol. The van der Waals surface area contributed by atoms with Crippen LogP contribution in [0.1, 0.15) is 30.5 Å². The number of amides is 1. The molecular formula is C18H19N3O5. The summed E-state index contributed by atoms with van der Waals surface area (Å²) < 4.78 is 22.3. The van der Waals surface area contributed by atoms with Gasteiger partial charge in [0, 0.05) is 19.0 Å². The van der Waals surface area contributed by atoms with Crippen LogP contribution in [0.3, 0.4) is 0 Å². The third-order valence-electron chi connectivity index (χ3n) is 4.81.